The highest BCUT2D eigenvalue weighted by Gasteiger charge is 2.23. The number of hydrogen-bond donors (Lipinski definition) is 1. The van der Waals surface area contributed by atoms with Crippen molar-refractivity contribution in [2.75, 3.05) is 31.5 Å². The van der Waals surface area contributed by atoms with Gasteiger partial charge in [-0.25, -0.2) is 4.98 Å². The second-order valence-electron chi connectivity index (χ2n) is 6.66. The minimum absolute atomic E-state index is 0.145. The molecule has 1 saturated heterocycles. The summed E-state index contributed by atoms with van der Waals surface area (Å²) in [7, 11) is 0. The molecule has 7 heteroatoms. The normalized spacial score (nSPS) is 14.4. The van der Waals surface area contributed by atoms with Crippen LogP contribution < -0.4 is 5.32 Å². The number of nitrogens with zero attached hydrogens (tertiary/aromatic N) is 3. The number of carbonyl (C=O) groups excluding carboxylic acids is 1. The molecule has 1 fully saturated rings. The summed E-state index contributed by atoms with van der Waals surface area (Å²) in [6, 6.07) is 6.25. The fourth-order valence-corrected chi connectivity index (χ4v) is 3.97. The van der Waals surface area contributed by atoms with Gasteiger partial charge in [-0.3, -0.25) is 4.79 Å². The van der Waals surface area contributed by atoms with Crippen molar-refractivity contribution in [1.82, 2.24) is 14.8 Å². The van der Waals surface area contributed by atoms with Crippen molar-refractivity contribution in [3.63, 3.8) is 0 Å². The number of amides is 1. The maximum absolute atomic E-state index is 12.4. The second-order valence-corrected chi connectivity index (χ2v) is 7.99. The first-order chi connectivity index (χ1) is 12.4. The van der Waals surface area contributed by atoms with Gasteiger partial charge < -0.3 is 15.1 Å². The fourth-order valence-electron chi connectivity index (χ4n) is 2.91. The molecule has 5 nitrogen and oxygen atoms in total. The predicted octanol–water partition coefficient (Wildman–Crippen LogP) is 3.15. The highest BCUT2D eigenvalue weighted by molar-refractivity contribution is 7.80. The molecule has 1 aromatic carbocycles. The number of piperazine rings is 1. The Hall–Kier alpha value is -1.99. The van der Waals surface area contributed by atoms with Crippen LogP contribution in [0.4, 0.5) is 5.69 Å². The van der Waals surface area contributed by atoms with Crippen LogP contribution in [0.2, 0.25) is 0 Å². The summed E-state index contributed by atoms with van der Waals surface area (Å²) in [5.41, 5.74) is 4.50. The van der Waals surface area contributed by atoms with Gasteiger partial charge in [-0.2, -0.15) is 0 Å². The molecule has 0 atom stereocenters. The van der Waals surface area contributed by atoms with E-state index in [1.807, 2.05) is 23.3 Å². The van der Waals surface area contributed by atoms with Crippen LogP contribution in [0.15, 0.2) is 23.6 Å². The fraction of sp³-hybridized carbons (Fsp3) is 0.421. The molecule has 0 spiro atoms. The maximum atomic E-state index is 12.4. The van der Waals surface area contributed by atoms with Crippen LogP contribution in [0.1, 0.15) is 21.8 Å². The van der Waals surface area contributed by atoms with E-state index in [2.05, 4.69) is 41.2 Å². The first kappa shape index (κ1) is 18.8. The third kappa shape index (κ3) is 4.59. The van der Waals surface area contributed by atoms with Gasteiger partial charge >= 0.3 is 0 Å². The number of thiocarbonyl (C=S) groups is 1. The smallest absolute Gasteiger partial charge is 0.229 e. The highest BCUT2D eigenvalue weighted by atomic mass is 32.1. The Kier molecular flexibility index (Phi) is 5.88. The lowest BCUT2D eigenvalue weighted by Crippen LogP contribution is -2.51. The van der Waals surface area contributed by atoms with E-state index in [1.165, 1.54) is 11.1 Å². The summed E-state index contributed by atoms with van der Waals surface area (Å²) < 4.78 is 0. The SMILES string of the molecule is Cc1csc(CC(=O)N2CCN(C(=S)Nc3ccc(C)c(C)c3)CC2)n1. The number of benzene rings is 1. The summed E-state index contributed by atoms with van der Waals surface area (Å²) in [6.45, 7) is 9.03. The first-order valence-corrected chi connectivity index (χ1v) is 10.0. The Bertz CT molecular complexity index is 810. The molecule has 0 radical (unpaired) electrons. The van der Waals surface area contributed by atoms with Gasteiger partial charge in [0, 0.05) is 42.9 Å². The van der Waals surface area contributed by atoms with Crippen LogP contribution in [-0.2, 0) is 11.2 Å². The van der Waals surface area contributed by atoms with E-state index in [4.69, 9.17) is 12.2 Å². The van der Waals surface area contributed by atoms with Crippen LogP contribution in [0, 0.1) is 20.8 Å². The molecule has 0 saturated carbocycles. The van der Waals surface area contributed by atoms with E-state index in [0.717, 1.165) is 34.6 Å². The average Bonchev–Trinajstić information content (AvgIpc) is 3.03. The maximum Gasteiger partial charge on any atom is 0.229 e. The van der Waals surface area contributed by atoms with Crippen molar-refractivity contribution in [3.8, 4) is 0 Å². The average molecular weight is 389 g/mol. The van der Waals surface area contributed by atoms with Crippen LogP contribution in [0.3, 0.4) is 0 Å². The highest BCUT2D eigenvalue weighted by Crippen LogP contribution is 2.16. The lowest BCUT2D eigenvalue weighted by atomic mass is 10.1. The summed E-state index contributed by atoms with van der Waals surface area (Å²) in [6.07, 6.45) is 0.393. The quantitative estimate of drug-likeness (QED) is 0.819. The Morgan fingerprint density at radius 2 is 1.85 bits per heavy atom. The standard InChI is InChI=1S/C19H24N4OS2/c1-13-4-5-16(10-14(13)2)21-19(25)23-8-6-22(7-9-23)18(24)11-17-20-15(3)12-26-17/h4-5,10,12H,6-9,11H2,1-3H3,(H,21,25). The lowest BCUT2D eigenvalue weighted by molar-refractivity contribution is -0.131. The second kappa shape index (κ2) is 8.14. The zero-order chi connectivity index (χ0) is 18.7. The van der Waals surface area contributed by atoms with Crippen molar-refractivity contribution < 1.29 is 4.79 Å². The molecule has 0 unspecified atom stereocenters. The van der Waals surface area contributed by atoms with Gasteiger partial charge in [-0.05, 0) is 56.2 Å². The summed E-state index contributed by atoms with van der Waals surface area (Å²) in [5.74, 6) is 0.145. The molecule has 26 heavy (non-hydrogen) atoms. The third-order valence-electron chi connectivity index (χ3n) is 4.65. The zero-order valence-electron chi connectivity index (χ0n) is 15.4. The molecule has 138 valence electrons. The largest absolute Gasteiger partial charge is 0.345 e. The molecule has 2 heterocycles. The van der Waals surface area contributed by atoms with E-state index in [1.54, 1.807) is 11.3 Å². The van der Waals surface area contributed by atoms with Gasteiger partial charge in [0.15, 0.2) is 5.11 Å². The van der Waals surface area contributed by atoms with Gasteiger partial charge in [0.2, 0.25) is 5.91 Å². The van der Waals surface area contributed by atoms with Crippen LogP contribution >= 0.6 is 23.6 Å². The number of rotatable bonds is 3. The number of aromatic nitrogens is 1. The minimum Gasteiger partial charge on any atom is -0.345 e. The molecule has 2 aromatic rings. The van der Waals surface area contributed by atoms with E-state index < -0.39 is 0 Å². The van der Waals surface area contributed by atoms with E-state index >= 15 is 0 Å². The van der Waals surface area contributed by atoms with Crippen LogP contribution in [0.5, 0.6) is 0 Å². The Morgan fingerprint density at radius 3 is 2.46 bits per heavy atom. The van der Waals surface area contributed by atoms with E-state index in [9.17, 15) is 4.79 Å². The molecule has 1 aromatic heterocycles. The van der Waals surface area contributed by atoms with Crippen molar-refractivity contribution in [1.29, 1.82) is 0 Å². The van der Waals surface area contributed by atoms with Crippen LogP contribution in [0.25, 0.3) is 0 Å². The van der Waals surface area contributed by atoms with E-state index in [0.29, 0.717) is 19.5 Å². The molecule has 3 rings (SSSR count). The number of aryl methyl sites for hydroxylation is 3. The van der Waals surface area contributed by atoms with Crippen molar-refractivity contribution in [3.05, 3.63) is 45.4 Å². The zero-order valence-corrected chi connectivity index (χ0v) is 17.0. The molecule has 1 aliphatic rings. The van der Waals surface area contributed by atoms with Gasteiger partial charge in [0.05, 0.1) is 6.42 Å². The number of anilines is 1. The Morgan fingerprint density at radius 1 is 1.15 bits per heavy atom. The van der Waals surface area contributed by atoms with Gasteiger partial charge in [-0.15, -0.1) is 11.3 Å². The van der Waals surface area contributed by atoms with Gasteiger partial charge in [0.1, 0.15) is 5.01 Å². The molecule has 1 N–H and O–H groups in total. The minimum atomic E-state index is 0.145. The number of hydrogen-bond acceptors (Lipinski definition) is 4. The first-order valence-electron chi connectivity index (χ1n) is 8.74. The van der Waals surface area contributed by atoms with Crippen LogP contribution in [-0.4, -0.2) is 52.0 Å². The van der Waals surface area contributed by atoms with E-state index in [-0.39, 0.29) is 5.91 Å². The Labute approximate surface area is 164 Å². The van der Waals surface area contributed by atoms with Crippen molar-refractivity contribution in [2.45, 2.75) is 27.2 Å². The predicted molar refractivity (Wildman–Crippen MR) is 111 cm³/mol. The summed E-state index contributed by atoms with van der Waals surface area (Å²) in [4.78, 5) is 20.9. The molecule has 1 amide bonds. The lowest BCUT2D eigenvalue weighted by Gasteiger charge is -2.36. The number of thiazole rings is 1. The number of carbonyl (C=O) groups is 1. The van der Waals surface area contributed by atoms with Gasteiger partial charge in [0.25, 0.3) is 0 Å². The molecular formula is C19H24N4OS2. The third-order valence-corrected chi connectivity index (χ3v) is 5.97. The summed E-state index contributed by atoms with van der Waals surface area (Å²) in [5, 5.41) is 6.90. The van der Waals surface area contributed by atoms with Crippen molar-refractivity contribution >= 4 is 40.3 Å². The molecule has 0 bridgehead atoms. The molecular weight excluding hydrogens is 364 g/mol. The molecule has 0 aliphatic carbocycles. The topological polar surface area (TPSA) is 48.5 Å². The summed E-state index contributed by atoms with van der Waals surface area (Å²) >= 11 is 7.10. The Balaban J connectivity index is 1.50. The van der Waals surface area contributed by atoms with Crippen molar-refractivity contribution in [2.24, 2.45) is 0 Å². The van der Waals surface area contributed by atoms with Gasteiger partial charge in [-0.1, -0.05) is 6.07 Å². The molecule has 1 aliphatic heterocycles. The number of nitrogens with one attached hydrogen (secondary N) is 1. The monoisotopic (exact) mass is 388 g/mol.